The molecule has 0 aliphatic heterocycles. The van der Waals surface area contributed by atoms with Crippen molar-refractivity contribution >= 4 is 11.6 Å². The number of carbonyl (C=O) groups excluding carboxylic acids is 1. The number of amides is 1. The summed E-state index contributed by atoms with van der Waals surface area (Å²) < 4.78 is 25.7. The van der Waals surface area contributed by atoms with Crippen LogP contribution in [0.25, 0.3) is 0 Å². The molecule has 0 radical (unpaired) electrons. The molecule has 0 aliphatic carbocycles. The van der Waals surface area contributed by atoms with Crippen LogP contribution in [0.2, 0.25) is 0 Å². The second-order valence-corrected chi connectivity index (χ2v) is 3.38. The molecule has 0 saturated heterocycles. The molecular weight excluding hydrogens is 214 g/mol. The van der Waals surface area contributed by atoms with Crippen molar-refractivity contribution in [1.82, 2.24) is 5.32 Å². The van der Waals surface area contributed by atoms with Crippen molar-refractivity contribution in [2.45, 2.75) is 12.8 Å². The SMILES string of the molecule is CNCCCC(=O)Nc1ccc(F)cc1F. The number of nitrogens with one attached hydrogen (secondary N) is 2. The lowest BCUT2D eigenvalue weighted by Crippen LogP contribution is -2.15. The van der Waals surface area contributed by atoms with Crippen LogP contribution in [-0.4, -0.2) is 19.5 Å². The molecule has 88 valence electrons. The van der Waals surface area contributed by atoms with E-state index >= 15 is 0 Å². The fourth-order valence-electron chi connectivity index (χ4n) is 1.23. The first-order valence-electron chi connectivity index (χ1n) is 5.03. The summed E-state index contributed by atoms with van der Waals surface area (Å²) in [4.78, 5) is 11.3. The largest absolute Gasteiger partial charge is 0.324 e. The maximum absolute atomic E-state index is 13.1. The smallest absolute Gasteiger partial charge is 0.224 e. The van der Waals surface area contributed by atoms with Gasteiger partial charge in [-0.2, -0.15) is 0 Å². The fraction of sp³-hybridized carbons (Fsp3) is 0.364. The number of hydrogen-bond donors (Lipinski definition) is 2. The Morgan fingerprint density at radius 2 is 2.12 bits per heavy atom. The Labute approximate surface area is 92.8 Å². The maximum Gasteiger partial charge on any atom is 0.224 e. The molecule has 0 aromatic heterocycles. The number of halogens is 2. The minimum absolute atomic E-state index is 0.0101. The van der Waals surface area contributed by atoms with E-state index in [0.717, 1.165) is 18.7 Å². The van der Waals surface area contributed by atoms with Crippen molar-refractivity contribution in [3.8, 4) is 0 Å². The van der Waals surface area contributed by atoms with Crippen LogP contribution in [0, 0.1) is 11.6 Å². The standard InChI is InChI=1S/C11H14F2N2O/c1-14-6-2-3-11(16)15-10-5-4-8(12)7-9(10)13/h4-5,7,14H,2-3,6H2,1H3,(H,15,16). The summed E-state index contributed by atoms with van der Waals surface area (Å²) >= 11 is 0. The van der Waals surface area contributed by atoms with Gasteiger partial charge in [0.25, 0.3) is 0 Å². The Morgan fingerprint density at radius 1 is 1.38 bits per heavy atom. The highest BCUT2D eigenvalue weighted by Crippen LogP contribution is 2.15. The molecule has 0 fully saturated rings. The van der Waals surface area contributed by atoms with Crippen molar-refractivity contribution in [2.75, 3.05) is 18.9 Å². The average molecular weight is 228 g/mol. The third-order valence-electron chi connectivity index (χ3n) is 2.04. The molecule has 0 aliphatic rings. The van der Waals surface area contributed by atoms with Gasteiger partial charge in [-0.3, -0.25) is 4.79 Å². The first-order chi connectivity index (χ1) is 7.63. The second-order valence-electron chi connectivity index (χ2n) is 3.38. The van der Waals surface area contributed by atoms with E-state index in [4.69, 9.17) is 0 Å². The third kappa shape index (κ3) is 3.94. The molecule has 0 atom stereocenters. The summed E-state index contributed by atoms with van der Waals surface area (Å²) in [6.07, 6.45) is 0.975. The van der Waals surface area contributed by atoms with Gasteiger partial charge in [-0.05, 0) is 32.1 Å². The highest BCUT2D eigenvalue weighted by Gasteiger charge is 2.07. The third-order valence-corrected chi connectivity index (χ3v) is 2.04. The number of benzene rings is 1. The van der Waals surface area contributed by atoms with Crippen LogP contribution in [0.4, 0.5) is 14.5 Å². The van der Waals surface area contributed by atoms with Gasteiger partial charge in [0.05, 0.1) is 5.69 Å². The molecule has 0 unspecified atom stereocenters. The van der Waals surface area contributed by atoms with Crippen LogP contribution in [0.1, 0.15) is 12.8 Å². The Hall–Kier alpha value is -1.49. The van der Waals surface area contributed by atoms with Crippen LogP contribution in [0.5, 0.6) is 0 Å². The second kappa shape index (κ2) is 6.17. The lowest BCUT2D eigenvalue weighted by atomic mass is 10.2. The summed E-state index contributed by atoms with van der Waals surface area (Å²) in [6.45, 7) is 0.722. The van der Waals surface area contributed by atoms with E-state index in [9.17, 15) is 13.6 Å². The average Bonchev–Trinajstić information content (AvgIpc) is 2.23. The molecule has 5 heteroatoms. The minimum atomic E-state index is -0.762. The van der Waals surface area contributed by atoms with Gasteiger partial charge >= 0.3 is 0 Å². The first-order valence-corrected chi connectivity index (χ1v) is 5.03. The Bertz CT molecular complexity index is 369. The molecule has 0 saturated carbocycles. The van der Waals surface area contributed by atoms with Crippen LogP contribution < -0.4 is 10.6 Å². The van der Waals surface area contributed by atoms with Gasteiger partial charge in [-0.25, -0.2) is 8.78 Å². The quantitative estimate of drug-likeness (QED) is 0.756. The number of hydrogen-bond acceptors (Lipinski definition) is 2. The zero-order chi connectivity index (χ0) is 12.0. The van der Waals surface area contributed by atoms with Gasteiger partial charge in [-0.1, -0.05) is 0 Å². The monoisotopic (exact) mass is 228 g/mol. The van der Waals surface area contributed by atoms with Gasteiger partial charge in [-0.15, -0.1) is 0 Å². The zero-order valence-corrected chi connectivity index (χ0v) is 9.02. The Kier molecular flexibility index (Phi) is 4.85. The van der Waals surface area contributed by atoms with Crippen molar-refractivity contribution in [3.63, 3.8) is 0 Å². The van der Waals surface area contributed by atoms with Crippen molar-refractivity contribution < 1.29 is 13.6 Å². The van der Waals surface area contributed by atoms with E-state index < -0.39 is 11.6 Å². The molecule has 3 nitrogen and oxygen atoms in total. The summed E-state index contributed by atoms with van der Waals surface area (Å²) in [5.41, 5.74) is 0.0101. The van der Waals surface area contributed by atoms with E-state index in [-0.39, 0.29) is 11.6 Å². The summed E-state index contributed by atoms with van der Waals surface area (Å²) in [5.74, 6) is -1.70. The maximum atomic E-state index is 13.1. The van der Waals surface area contributed by atoms with Crippen LogP contribution in [-0.2, 0) is 4.79 Å². The summed E-state index contributed by atoms with van der Waals surface area (Å²) in [5, 5.41) is 5.29. The highest BCUT2D eigenvalue weighted by atomic mass is 19.1. The van der Waals surface area contributed by atoms with Crippen LogP contribution in [0.15, 0.2) is 18.2 Å². The predicted octanol–water partition coefficient (Wildman–Crippen LogP) is 1.90. The van der Waals surface area contributed by atoms with Gasteiger partial charge in [0.15, 0.2) is 0 Å². The van der Waals surface area contributed by atoms with Crippen molar-refractivity contribution in [3.05, 3.63) is 29.8 Å². The lowest BCUT2D eigenvalue weighted by molar-refractivity contribution is -0.116. The topological polar surface area (TPSA) is 41.1 Å². The molecular formula is C11H14F2N2O. The summed E-state index contributed by atoms with van der Waals surface area (Å²) in [7, 11) is 1.79. The Morgan fingerprint density at radius 3 is 2.75 bits per heavy atom. The molecule has 16 heavy (non-hydrogen) atoms. The van der Waals surface area contributed by atoms with E-state index in [0.29, 0.717) is 12.8 Å². The van der Waals surface area contributed by atoms with Gasteiger partial charge in [0.2, 0.25) is 5.91 Å². The molecule has 1 amide bonds. The van der Waals surface area contributed by atoms with Crippen LogP contribution in [0.3, 0.4) is 0 Å². The van der Waals surface area contributed by atoms with Gasteiger partial charge < -0.3 is 10.6 Å². The lowest BCUT2D eigenvalue weighted by Gasteiger charge is -2.06. The molecule has 0 heterocycles. The fourth-order valence-corrected chi connectivity index (χ4v) is 1.23. The first kappa shape index (κ1) is 12.6. The minimum Gasteiger partial charge on any atom is -0.324 e. The van der Waals surface area contributed by atoms with E-state index in [2.05, 4.69) is 10.6 Å². The molecule has 0 spiro atoms. The molecule has 1 rings (SSSR count). The molecule has 2 N–H and O–H groups in total. The predicted molar refractivity (Wildman–Crippen MR) is 58.1 cm³/mol. The zero-order valence-electron chi connectivity index (χ0n) is 9.02. The van der Waals surface area contributed by atoms with Gasteiger partial charge in [0.1, 0.15) is 11.6 Å². The Balaban J connectivity index is 2.49. The van der Waals surface area contributed by atoms with Gasteiger partial charge in [0, 0.05) is 12.5 Å². The summed E-state index contributed by atoms with van der Waals surface area (Å²) in [6, 6.07) is 3.05. The van der Waals surface area contributed by atoms with E-state index in [1.165, 1.54) is 6.07 Å². The van der Waals surface area contributed by atoms with Crippen LogP contribution >= 0.6 is 0 Å². The van der Waals surface area contributed by atoms with E-state index in [1.807, 2.05) is 0 Å². The molecule has 1 aromatic rings. The molecule has 0 bridgehead atoms. The normalized spacial score (nSPS) is 10.2. The number of rotatable bonds is 5. The number of anilines is 1. The van der Waals surface area contributed by atoms with Crippen molar-refractivity contribution in [1.29, 1.82) is 0 Å². The van der Waals surface area contributed by atoms with E-state index in [1.54, 1.807) is 7.05 Å². The highest BCUT2D eigenvalue weighted by molar-refractivity contribution is 5.90. The van der Waals surface area contributed by atoms with Crippen molar-refractivity contribution in [2.24, 2.45) is 0 Å². The number of carbonyl (C=O) groups is 1. The molecule has 1 aromatic carbocycles.